The number of morpholine rings is 1. The Kier molecular flexibility index (Phi) is 7.21. The molecule has 6 nitrogen and oxygen atoms in total. The van der Waals surface area contributed by atoms with Gasteiger partial charge in [-0.3, -0.25) is 14.5 Å². The van der Waals surface area contributed by atoms with Gasteiger partial charge in [0.2, 0.25) is 11.8 Å². The minimum absolute atomic E-state index is 0.0750. The predicted octanol–water partition coefficient (Wildman–Crippen LogP) is 0.792. The lowest BCUT2D eigenvalue weighted by molar-refractivity contribution is -0.134. The molecule has 2 rings (SSSR count). The predicted molar refractivity (Wildman–Crippen MR) is 92.5 cm³/mol. The van der Waals surface area contributed by atoms with Crippen LogP contribution in [0.1, 0.15) is 18.1 Å². The van der Waals surface area contributed by atoms with Gasteiger partial charge in [0.1, 0.15) is 0 Å². The molecule has 0 aromatic heterocycles. The van der Waals surface area contributed by atoms with Crippen molar-refractivity contribution in [3.8, 4) is 0 Å². The van der Waals surface area contributed by atoms with Crippen LogP contribution in [0.25, 0.3) is 0 Å². The number of hydrogen-bond acceptors (Lipinski definition) is 4. The lowest BCUT2D eigenvalue weighted by atomic mass is 10.1. The van der Waals surface area contributed by atoms with Crippen molar-refractivity contribution in [1.29, 1.82) is 0 Å². The molecule has 24 heavy (non-hydrogen) atoms. The molecule has 1 saturated heterocycles. The summed E-state index contributed by atoms with van der Waals surface area (Å²) in [5, 5.41) is 2.88. The normalized spacial score (nSPS) is 15.1. The molecule has 0 saturated carbocycles. The molecule has 1 aromatic carbocycles. The summed E-state index contributed by atoms with van der Waals surface area (Å²) >= 11 is 0. The summed E-state index contributed by atoms with van der Waals surface area (Å²) in [6, 6.07) is 8.02. The summed E-state index contributed by atoms with van der Waals surface area (Å²) in [7, 11) is 0. The third-order valence-corrected chi connectivity index (χ3v) is 4.14. The van der Waals surface area contributed by atoms with Crippen molar-refractivity contribution in [2.45, 2.75) is 20.4 Å². The molecule has 1 fully saturated rings. The fourth-order valence-corrected chi connectivity index (χ4v) is 2.69. The van der Waals surface area contributed by atoms with Crippen molar-refractivity contribution in [2.75, 3.05) is 45.9 Å². The molecule has 0 atom stereocenters. The van der Waals surface area contributed by atoms with E-state index >= 15 is 0 Å². The van der Waals surface area contributed by atoms with Gasteiger partial charge >= 0.3 is 0 Å². The molecule has 0 radical (unpaired) electrons. The molecule has 0 aliphatic carbocycles. The van der Waals surface area contributed by atoms with E-state index in [9.17, 15) is 9.59 Å². The number of aryl methyl sites for hydroxylation is 1. The fourth-order valence-electron chi connectivity index (χ4n) is 2.69. The Bertz CT molecular complexity index is 556. The highest BCUT2D eigenvalue weighted by molar-refractivity contribution is 5.83. The third-order valence-electron chi connectivity index (χ3n) is 4.14. The van der Waals surface area contributed by atoms with Gasteiger partial charge in [-0.1, -0.05) is 29.8 Å². The van der Waals surface area contributed by atoms with Crippen molar-refractivity contribution in [3.05, 3.63) is 35.4 Å². The van der Waals surface area contributed by atoms with E-state index in [1.807, 2.05) is 31.2 Å². The molecule has 1 aliphatic heterocycles. The molecule has 1 N–H and O–H groups in total. The van der Waals surface area contributed by atoms with Gasteiger partial charge in [-0.15, -0.1) is 0 Å². The molecular formula is C18H27N3O3. The lowest BCUT2D eigenvalue weighted by Gasteiger charge is -2.29. The minimum atomic E-state index is -0.131. The number of benzene rings is 1. The van der Waals surface area contributed by atoms with E-state index in [1.54, 1.807) is 4.90 Å². The van der Waals surface area contributed by atoms with Crippen molar-refractivity contribution < 1.29 is 14.3 Å². The Morgan fingerprint density at radius 3 is 2.71 bits per heavy atom. The van der Waals surface area contributed by atoms with Crippen LogP contribution in [0.3, 0.4) is 0 Å². The van der Waals surface area contributed by atoms with Gasteiger partial charge in [-0.2, -0.15) is 0 Å². The first kappa shape index (κ1) is 18.4. The van der Waals surface area contributed by atoms with E-state index in [-0.39, 0.29) is 18.4 Å². The third kappa shape index (κ3) is 6.29. The maximum atomic E-state index is 12.1. The molecule has 1 heterocycles. The average Bonchev–Trinajstić information content (AvgIpc) is 2.57. The van der Waals surface area contributed by atoms with Crippen LogP contribution in [-0.2, 0) is 20.9 Å². The number of carbonyl (C=O) groups is 2. The highest BCUT2D eigenvalue weighted by Gasteiger charge is 2.16. The molecule has 6 heteroatoms. The zero-order valence-corrected chi connectivity index (χ0v) is 14.6. The van der Waals surface area contributed by atoms with Gasteiger partial charge in [0.15, 0.2) is 0 Å². The number of nitrogens with zero attached hydrogens (tertiary/aromatic N) is 2. The highest BCUT2D eigenvalue weighted by atomic mass is 16.5. The molecule has 0 unspecified atom stereocenters. The zero-order chi connectivity index (χ0) is 17.4. The molecule has 0 spiro atoms. The Balaban J connectivity index is 1.76. The maximum absolute atomic E-state index is 12.1. The maximum Gasteiger partial charge on any atom is 0.239 e. The van der Waals surface area contributed by atoms with Gasteiger partial charge in [0.05, 0.1) is 19.8 Å². The summed E-state index contributed by atoms with van der Waals surface area (Å²) in [5.41, 5.74) is 2.23. The number of rotatable bonds is 7. The lowest BCUT2D eigenvalue weighted by Crippen LogP contribution is -2.45. The van der Waals surface area contributed by atoms with E-state index in [0.29, 0.717) is 13.1 Å². The summed E-state index contributed by atoms with van der Waals surface area (Å²) in [6.45, 7) is 8.68. The van der Waals surface area contributed by atoms with Crippen LogP contribution in [0, 0.1) is 6.92 Å². The molecule has 1 aromatic rings. The first-order chi connectivity index (χ1) is 11.5. The number of carbonyl (C=O) groups excluding carboxylic acids is 2. The van der Waals surface area contributed by atoms with Crippen LogP contribution in [-0.4, -0.2) is 67.6 Å². The van der Waals surface area contributed by atoms with Crippen LogP contribution < -0.4 is 5.32 Å². The van der Waals surface area contributed by atoms with Gasteiger partial charge in [0.25, 0.3) is 0 Å². The molecule has 2 amide bonds. The SMILES string of the molecule is CC(=O)N(CCN1CCOCC1)CC(=O)NCc1cccc(C)c1. The summed E-state index contributed by atoms with van der Waals surface area (Å²) in [5.74, 6) is -0.206. The quantitative estimate of drug-likeness (QED) is 0.801. The Labute approximate surface area is 143 Å². The van der Waals surface area contributed by atoms with Crippen molar-refractivity contribution in [1.82, 2.24) is 15.1 Å². The minimum Gasteiger partial charge on any atom is -0.379 e. The Hall–Kier alpha value is -1.92. The monoisotopic (exact) mass is 333 g/mol. The van der Waals surface area contributed by atoms with Crippen molar-refractivity contribution in [3.63, 3.8) is 0 Å². The fraction of sp³-hybridized carbons (Fsp3) is 0.556. The second kappa shape index (κ2) is 9.39. The number of hydrogen-bond donors (Lipinski definition) is 1. The van der Waals surface area contributed by atoms with Gasteiger partial charge in [0, 0.05) is 39.6 Å². The first-order valence-electron chi connectivity index (χ1n) is 8.42. The van der Waals surface area contributed by atoms with E-state index in [4.69, 9.17) is 4.74 Å². The molecule has 132 valence electrons. The van der Waals surface area contributed by atoms with Gasteiger partial charge in [-0.05, 0) is 12.5 Å². The first-order valence-corrected chi connectivity index (χ1v) is 8.42. The molecule has 0 bridgehead atoms. The largest absolute Gasteiger partial charge is 0.379 e. The van der Waals surface area contributed by atoms with Crippen LogP contribution >= 0.6 is 0 Å². The number of nitrogens with one attached hydrogen (secondary N) is 1. The van der Waals surface area contributed by atoms with E-state index in [1.165, 1.54) is 6.92 Å². The topological polar surface area (TPSA) is 61.9 Å². The van der Waals surface area contributed by atoms with Gasteiger partial charge < -0.3 is 15.0 Å². The molecule has 1 aliphatic rings. The van der Waals surface area contributed by atoms with E-state index in [2.05, 4.69) is 10.2 Å². The van der Waals surface area contributed by atoms with E-state index < -0.39 is 0 Å². The van der Waals surface area contributed by atoms with E-state index in [0.717, 1.165) is 44.0 Å². The van der Waals surface area contributed by atoms with Crippen molar-refractivity contribution in [2.24, 2.45) is 0 Å². The van der Waals surface area contributed by atoms with Crippen molar-refractivity contribution >= 4 is 11.8 Å². The van der Waals surface area contributed by atoms with Gasteiger partial charge in [-0.25, -0.2) is 0 Å². The smallest absolute Gasteiger partial charge is 0.239 e. The zero-order valence-electron chi connectivity index (χ0n) is 14.6. The Morgan fingerprint density at radius 2 is 2.04 bits per heavy atom. The number of amides is 2. The number of ether oxygens (including phenoxy) is 1. The highest BCUT2D eigenvalue weighted by Crippen LogP contribution is 2.03. The second-order valence-corrected chi connectivity index (χ2v) is 6.16. The molecular weight excluding hydrogens is 306 g/mol. The summed E-state index contributed by atoms with van der Waals surface area (Å²) in [4.78, 5) is 27.8. The van der Waals surface area contributed by atoms with Crippen LogP contribution in [0.5, 0.6) is 0 Å². The second-order valence-electron chi connectivity index (χ2n) is 6.16. The standard InChI is InChI=1S/C18H27N3O3/c1-15-4-3-5-17(12-15)13-19-18(23)14-21(16(2)22)7-6-20-8-10-24-11-9-20/h3-5,12H,6-11,13-14H2,1-2H3,(H,19,23). The van der Waals surface area contributed by atoms with Crippen LogP contribution in [0.15, 0.2) is 24.3 Å². The average molecular weight is 333 g/mol. The van der Waals surface area contributed by atoms with Crippen LogP contribution in [0.2, 0.25) is 0 Å². The van der Waals surface area contributed by atoms with Crippen LogP contribution in [0.4, 0.5) is 0 Å². The summed E-state index contributed by atoms with van der Waals surface area (Å²) in [6.07, 6.45) is 0. The Morgan fingerprint density at radius 1 is 1.29 bits per heavy atom. The summed E-state index contributed by atoms with van der Waals surface area (Å²) < 4.78 is 5.31.